The molecule has 1 aromatic heterocycles. The molecule has 2 N–H and O–H groups in total. The van der Waals surface area contributed by atoms with Crippen molar-refractivity contribution in [2.45, 2.75) is 26.3 Å². The topological polar surface area (TPSA) is 76.1 Å². The van der Waals surface area contributed by atoms with Gasteiger partial charge in [-0.3, -0.25) is 4.79 Å². The summed E-state index contributed by atoms with van der Waals surface area (Å²) in [6.07, 6.45) is 0.853. The van der Waals surface area contributed by atoms with Crippen LogP contribution in [0.25, 0.3) is 0 Å². The van der Waals surface area contributed by atoms with Crippen molar-refractivity contribution < 1.29 is 9.53 Å². The van der Waals surface area contributed by atoms with Crippen molar-refractivity contribution in [1.29, 1.82) is 0 Å². The third-order valence-electron chi connectivity index (χ3n) is 2.90. The summed E-state index contributed by atoms with van der Waals surface area (Å²) in [5.41, 5.74) is 0. The van der Waals surface area contributed by atoms with Gasteiger partial charge in [-0.15, -0.1) is 10.2 Å². The molecule has 18 heavy (non-hydrogen) atoms. The van der Waals surface area contributed by atoms with Gasteiger partial charge in [-0.2, -0.15) is 0 Å². The van der Waals surface area contributed by atoms with Gasteiger partial charge in [0.1, 0.15) is 0 Å². The highest BCUT2D eigenvalue weighted by Crippen LogP contribution is 2.17. The first-order chi connectivity index (χ1) is 8.70. The monoisotopic (exact) mass is 270 g/mol. The molecule has 6 nitrogen and oxygen atoms in total. The second-order valence-corrected chi connectivity index (χ2v) is 5.34. The van der Waals surface area contributed by atoms with Gasteiger partial charge in [0, 0.05) is 19.2 Å². The highest BCUT2D eigenvalue weighted by atomic mass is 32.1. The predicted molar refractivity (Wildman–Crippen MR) is 69.9 cm³/mol. The molecule has 1 saturated heterocycles. The fraction of sp³-hybridized carbons (Fsp3) is 0.727. The first kappa shape index (κ1) is 13.2. The second kappa shape index (κ2) is 6.10. The van der Waals surface area contributed by atoms with Crippen LogP contribution in [0, 0.1) is 5.92 Å². The van der Waals surface area contributed by atoms with Crippen LogP contribution < -0.4 is 10.6 Å². The molecule has 0 radical (unpaired) electrons. The lowest BCUT2D eigenvalue weighted by Crippen LogP contribution is -2.44. The number of aromatic nitrogens is 2. The number of nitrogens with one attached hydrogen (secondary N) is 2. The van der Waals surface area contributed by atoms with Crippen molar-refractivity contribution in [1.82, 2.24) is 15.5 Å². The van der Waals surface area contributed by atoms with Crippen LogP contribution in [0.3, 0.4) is 0 Å². The summed E-state index contributed by atoms with van der Waals surface area (Å²) >= 11 is 1.28. The number of rotatable bonds is 4. The summed E-state index contributed by atoms with van der Waals surface area (Å²) in [6.45, 7) is 6.23. The van der Waals surface area contributed by atoms with Crippen LogP contribution in [-0.4, -0.2) is 41.9 Å². The van der Waals surface area contributed by atoms with Crippen molar-refractivity contribution in [3.63, 3.8) is 0 Å². The number of anilines is 1. The predicted octanol–water partition coefficient (Wildman–Crippen LogP) is 1.12. The number of carbonyl (C=O) groups is 1. The molecule has 0 bridgehead atoms. The van der Waals surface area contributed by atoms with Crippen molar-refractivity contribution in [3.05, 3.63) is 5.01 Å². The molecular formula is C11H18N4O2S. The number of amides is 1. The molecule has 0 aliphatic carbocycles. The summed E-state index contributed by atoms with van der Waals surface area (Å²) in [7, 11) is 0. The van der Waals surface area contributed by atoms with Crippen LogP contribution in [0.4, 0.5) is 5.13 Å². The van der Waals surface area contributed by atoms with Crippen LogP contribution in [-0.2, 0) is 4.74 Å². The van der Waals surface area contributed by atoms with Gasteiger partial charge in [0.05, 0.1) is 6.61 Å². The maximum absolute atomic E-state index is 12.0. The number of carbonyl (C=O) groups excluding carboxylic acids is 1. The number of nitrogens with zero attached hydrogens (tertiary/aromatic N) is 2. The molecule has 2 heterocycles. The highest BCUT2D eigenvalue weighted by molar-refractivity contribution is 7.17. The van der Waals surface area contributed by atoms with Crippen LogP contribution in [0.15, 0.2) is 0 Å². The number of ether oxygens (including phenoxy) is 1. The first-order valence-corrected chi connectivity index (χ1v) is 6.98. The van der Waals surface area contributed by atoms with E-state index in [1.165, 1.54) is 11.3 Å². The minimum Gasteiger partial charge on any atom is -0.381 e. The average molecular weight is 270 g/mol. The quantitative estimate of drug-likeness (QED) is 0.857. The third-order valence-corrected chi connectivity index (χ3v) is 3.78. The first-order valence-electron chi connectivity index (χ1n) is 6.16. The Bertz CT molecular complexity index is 410. The summed E-state index contributed by atoms with van der Waals surface area (Å²) < 4.78 is 5.35. The Balaban J connectivity index is 1.93. The summed E-state index contributed by atoms with van der Waals surface area (Å²) in [5.74, 6) is 0.194. The van der Waals surface area contributed by atoms with Crippen molar-refractivity contribution in [2.75, 3.05) is 25.1 Å². The van der Waals surface area contributed by atoms with E-state index in [1.54, 1.807) is 0 Å². The molecule has 0 saturated carbocycles. The van der Waals surface area contributed by atoms with Crippen LogP contribution in [0.5, 0.6) is 0 Å². The Morgan fingerprint density at radius 1 is 1.56 bits per heavy atom. The number of hydrogen-bond donors (Lipinski definition) is 2. The Morgan fingerprint density at radius 2 is 2.39 bits per heavy atom. The van der Waals surface area contributed by atoms with E-state index >= 15 is 0 Å². The SMILES string of the molecule is CCNc1nnc(C(=O)NC2CCOCC2C)s1. The molecule has 2 unspecified atom stereocenters. The van der Waals surface area contributed by atoms with Gasteiger partial charge in [0.15, 0.2) is 0 Å². The van der Waals surface area contributed by atoms with E-state index in [4.69, 9.17) is 4.74 Å². The fourth-order valence-corrected chi connectivity index (χ4v) is 2.58. The maximum Gasteiger partial charge on any atom is 0.282 e. The third kappa shape index (κ3) is 3.17. The molecule has 2 atom stereocenters. The molecule has 2 rings (SSSR count). The van der Waals surface area contributed by atoms with Crippen LogP contribution >= 0.6 is 11.3 Å². The molecular weight excluding hydrogens is 252 g/mol. The Kier molecular flexibility index (Phi) is 4.48. The summed E-state index contributed by atoms with van der Waals surface area (Å²) in [4.78, 5) is 12.0. The second-order valence-electron chi connectivity index (χ2n) is 4.36. The summed E-state index contributed by atoms with van der Waals surface area (Å²) in [5, 5.41) is 14.9. The van der Waals surface area contributed by atoms with E-state index in [9.17, 15) is 4.79 Å². The van der Waals surface area contributed by atoms with Gasteiger partial charge in [0.25, 0.3) is 5.91 Å². The van der Waals surface area contributed by atoms with Gasteiger partial charge in [-0.1, -0.05) is 18.3 Å². The largest absolute Gasteiger partial charge is 0.381 e. The molecule has 1 aromatic rings. The number of hydrogen-bond acceptors (Lipinski definition) is 6. The van der Waals surface area contributed by atoms with E-state index in [1.807, 2.05) is 6.92 Å². The average Bonchev–Trinajstić information content (AvgIpc) is 2.81. The van der Waals surface area contributed by atoms with E-state index < -0.39 is 0 Å². The Morgan fingerprint density at radius 3 is 3.11 bits per heavy atom. The minimum absolute atomic E-state index is 0.143. The smallest absolute Gasteiger partial charge is 0.282 e. The minimum atomic E-state index is -0.143. The van der Waals surface area contributed by atoms with Crippen molar-refractivity contribution >= 4 is 22.4 Å². The normalized spacial score (nSPS) is 23.7. The van der Waals surface area contributed by atoms with Gasteiger partial charge in [-0.25, -0.2) is 0 Å². The Hall–Kier alpha value is -1.21. The van der Waals surface area contributed by atoms with Gasteiger partial charge in [0.2, 0.25) is 10.1 Å². The molecule has 1 aliphatic heterocycles. The molecule has 7 heteroatoms. The molecule has 1 aliphatic rings. The molecule has 0 spiro atoms. The lowest BCUT2D eigenvalue weighted by atomic mass is 9.98. The molecule has 100 valence electrons. The molecule has 1 fully saturated rings. The fourth-order valence-electron chi connectivity index (χ4n) is 1.86. The van der Waals surface area contributed by atoms with Crippen molar-refractivity contribution in [3.8, 4) is 0 Å². The van der Waals surface area contributed by atoms with Gasteiger partial charge in [-0.05, 0) is 19.3 Å². The zero-order valence-corrected chi connectivity index (χ0v) is 11.4. The summed E-state index contributed by atoms with van der Waals surface area (Å²) in [6, 6.07) is 0.165. The van der Waals surface area contributed by atoms with E-state index in [-0.39, 0.29) is 11.9 Å². The lowest BCUT2D eigenvalue weighted by molar-refractivity contribution is 0.0375. The van der Waals surface area contributed by atoms with E-state index in [0.717, 1.165) is 13.0 Å². The van der Waals surface area contributed by atoms with Gasteiger partial charge >= 0.3 is 0 Å². The maximum atomic E-state index is 12.0. The van der Waals surface area contributed by atoms with E-state index in [0.29, 0.717) is 29.3 Å². The molecule has 0 aromatic carbocycles. The van der Waals surface area contributed by atoms with Gasteiger partial charge < -0.3 is 15.4 Å². The molecule has 1 amide bonds. The standard InChI is InChI=1S/C11H18N4O2S/c1-3-12-11-15-14-10(18-11)9(16)13-8-4-5-17-6-7(8)2/h7-8H,3-6H2,1-2H3,(H,12,15)(H,13,16). The lowest BCUT2D eigenvalue weighted by Gasteiger charge is -2.29. The highest BCUT2D eigenvalue weighted by Gasteiger charge is 2.25. The van der Waals surface area contributed by atoms with E-state index in [2.05, 4.69) is 27.8 Å². The van der Waals surface area contributed by atoms with Crippen LogP contribution in [0.1, 0.15) is 30.1 Å². The van der Waals surface area contributed by atoms with Crippen molar-refractivity contribution in [2.24, 2.45) is 5.92 Å². The Labute approximate surface area is 110 Å². The van der Waals surface area contributed by atoms with Crippen LogP contribution in [0.2, 0.25) is 0 Å². The zero-order valence-electron chi connectivity index (χ0n) is 10.6. The zero-order chi connectivity index (χ0) is 13.0.